The highest BCUT2D eigenvalue weighted by molar-refractivity contribution is 5.68. The number of ether oxygens (including phenoxy) is 1. The maximum Gasteiger partial charge on any atom is 0.329 e. The molecule has 1 heterocycles. The van der Waals surface area contributed by atoms with Gasteiger partial charge >= 0.3 is 5.97 Å². The summed E-state index contributed by atoms with van der Waals surface area (Å²) in [6, 6.07) is 0. The lowest BCUT2D eigenvalue weighted by Gasteiger charge is -2.47. The molecular formula is C12H23NO3. The van der Waals surface area contributed by atoms with Crippen molar-refractivity contribution >= 4 is 5.97 Å². The first-order chi connectivity index (χ1) is 7.56. The van der Waals surface area contributed by atoms with Crippen LogP contribution in [0.5, 0.6) is 0 Å². The molecule has 0 atom stereocenters. The van der Waals surface area contributed by atoms with E-state index in [2.05, 4.69) is 11.8 Å². The standard InChI is InChI=1S/C12H23NO3/c1-3-4-5-6-7-13-9-12(2,10-13)16-8-11(14)15/h3-10H2,1-2H3,(H,14,15). The van der Waals surface area contributed by atoms with Gasteiger partial charge in [-0.25, -0.2) is 4.79 Å². The average molecular weight is 229 g/mol. The zero-order valence-corrected chi connectivity index (χ0v) is 10.4. The fraction of sp³-hybridized carbons (Fsp3) is 0.917. The van der Waals surface area contributed by atoms with Gasteiger partial charge in [0.25, 0.3) is 0 Å². The zero-order valence-electron chi connectivity index (χ0n) is 10.4. The maximum absolute atomic E-state index is 10.4. The van der Waals surface area contributed by atoms with Crippen molar-refractivity contribution in [2.45, 2.75) is 45.1 Å². The second-order valence-corrected chi connectivity index (χ2v) is 4.90. The van der Waals surface area contributed by atoms with Crippen LogP contribution in [0.3, 0.4) is 0 Å². The normalized spacial score (nSPS) is 19.4. The first kappa shape index (κ1) is 13.5. The quantitative estimate of drug-likeness (QED) is 0.644. The molecule has 0 bridgehead atoms. The van der Waals surface area contributed by atoms with Crippen LogP contribution in [0.1, 0.15) is 39.5 Å². The summed E-state index contributed by atoms with van der Waals surface area (Å²) in [4.78, 5) is 12.7. The van der Waals surface area contributed by atoms with Gasteiger partial charge in [-0.2, -0.15) is 0 Å². The second kappa shape index (κ2) is 6.21. The van der Waals surface area contributed by atoms with Gasteiger partial charge in [0.1, 0.15) is 6.61 Å². The molecule has 0 aromatic rings. The van der Waals surface area contributed by atoms with Crippen molar-refractivity contribution in [3.63, 3.8) is 0 Å². The van der Waals surface area contributed by atoms with Gasteiger partial charge in [-0.15, -0.1) is 0 Å². The molecule has 1 aliphatic rings. The largest absolute Gasteiger partial charge is 0.480 e. The molecule has 0 aromatic carbocycles. The van der Waals surface area contributed by atoms with E-state index < -0.39 is 5.97 Å². The first-order valence-corrected chi connectivity index (χ1v) is 6.14. The van der Waals surface area contributed by atoms with Crippen LogP contribution in [0, 0.1) is 0 Å². The van der Waals surface area contributed by atoms with Gasteiger partial charge in [0.05, 0.1) is 5.60 Å². The third-order valence-electron chi connectivity index (χ3n) is 2.99. The molecule has 0 aromatic heterocycles. The predicted molar refractivity (Wildman–Crippen MR) is 62.6 cm³/mol. The molecule has 1 saturated heterocycles. The van der Waals surface area contributed by atoms with Crippen molar-refractivity contribution in [1.29, 1.82) is 0 Å². The molecule has 1 N–H and O–H groups in total. The number of rotatable bonds is 8. The van der Waals surface area contributed by atoms with Gasteiger partial charge in [-0.3, -0.25) is 4.90 Å². The van der Waals surface area contributed by atoms with Crippen LogP contribution in [0.4, 0.5) is 0 Å². The molecule has 1 rings (SSSR count). The summed E-state index contributed by atoms with van der Waals surface area (Å²) in [5, 5.41) is 8.52. The van der Waals surface area contributed by atoms with E-state index in [0.717, 1.165) is 19.6 Å². The molecule has 16 heavy (non-hydrogen) atoms. The summed E-state index contributed by atoms with van der Waals surface area (Å²) >= 11 is 0. The highest BCUT2D eigenvalue weighted by Gasteiger charge is 2.39. The van der Waals surface area contributed by atoms with Crippen LogP contribution >= 0.6 is 0 Å². The second-order valence-electron chi connectivity index (χ2n) is 4.90. The number of nitrogens with zero attached hydrogens (tertiary/aromatic N) is 1. The summed E-state index contributed by atoms with van der Waals surface area (Å²) in [5.41, 5.74) is -0.233. The number of likely N-dealkylation sites (tertiary alicyclic amines) is 1. The molecule has 0 amide bonds. The van der Waals surface area contributed by atoms with Crippen LogP contribution in [-0.2, 0) is 9.53 Å². The minimum absolute atomic E-state index is 0.180. The maximum atomic E-state index is 10.4. The smallest absolute Gasteiger partial charge is 0.329 e. The van der Waals surface area contributed by atoms with Gasteiger partial charge in [0.2, 0.25) is 0 Å². The highest BCUT2D eigenvalue weighted by Crippen LogP contribution is 2.24. The van der Waals surface area contributed by atoms with Crippen molar-refractivity contribution in [2.75, 3.05) is 26.2 Å². The molecule has 4 nitrogen and oxygen atoms in total. The minimum atomic E-state index is -0.886. The summed E-state index contributed by atoms with van der Waals surface area (Å²) in [7, 11) is 0. The number of carboxylic acid groups (broad SMARTS) is 1. The Morgan fingerprint density at radius 1 is 1.38 bits per heavy atom. The van der Waals surface area contributed by atoms with Crippen LogP contribution in [0.15, 0.2) is 0 Å². The van der Waals surface area contributed by atoms with Gasteiger partial charge in [0, 0.05) is 13.1 Å². The third-order valence-corrected chi connectivity index (χ3v) is 2.99. The number of aliphatic carboxylic acids is 1. The number of carbonyl (C=O) groups is 1. The van der Waals surface area contributed by atoms with Crippen molar-refractivity contribution in [3.8, 4) is 0 Å². The van der Waals surface area contributed by atoms with Gasteiger partial charge in [-0.05, 0) is 19.9 Å². The van der Waals surface area contributed by atoms with E-state index in [1.54, 1.807) is 0 Å². The Balaban J connectivity index is 2.04. The molecule has 0 saturated carbocycles. The van der Waals surface area contributed by atoms with Crippen molar-refractivity contribution < 1.29 is 14.6 Å². The molecule has 0 radical (unpaired) electrons. The SMILES string of the molecule is CCCCCCN1CC(C)(OCC(=O)O)C1. The molecule has 4 heteroatoms. The van der Waals surface area contributed by atoms with Crippen LogP contribution in [0.25, 0.3) is 0 Å². The fourth-order valence-corrected chi connectivity index (χ4v) is 2.15. The lowest BCUT2D eigenvalue weighted by Crippen LogP contribution is -2.61. The van der Waals surface area contributed by atoms with Gasteiger partial charge < -0.3 is 9.84 Å². The number of carboxylic acids is 1. The zero-order chi connectivity index (χ0) is 12.0. The van der Waals surface area contributed by atoms with E-state index >= 15 is 0 Å². The van der Waals surface area contributed by atoms with E-state index in [0.29, 0.717) is 0 Å². The van der Waals surface area contributed by atoms with E-state index in [1.807, 2.05) is 6.92 Å². The lowest BCUT2D eigenvalue weighted by molar-refractivity contribution is -0.164. The molecule has 0 spiro atoms. The molecule has 1 fully saturated rings. The molecule has 94 valence electrons. The molecule has 1 aliphatic heterocycles. The van der Waals surface area contributed by atoms with Crippen molar-refractivity contribution in [1.82, 2.24) is 4.90 Å². The average Bonchev–Trinajstić information content (AvgIpc) is 2.18. The summed E-state index contributed by atoms with van der Waals surface area (Å²) in [5.74, 6) is -0.886. The van der Waals surface area contributed by atoms with Crippen molar-refractivity contribution in [3.05, 3.63) is 0 Å². The van der Waals surface area contributed by atoms with Gasteiger partial charge in [0.15, 0.2) is 0 Å². The van der Waals surface area contributed by atoms with Crippen molar-refractivity contribution in [2.24, 2.45) is 0 Å². The Kier molecular flexibility index (Phi) is 5.22. The topological polar surface area (TPSA) is 49.8 Å². The Bertz CT molecular complexity index is 224. The number of hydrogen-bond donors (Lipinski definition) is 1. The summed E-state index contributed by atoms with van der Waals surface area (Å²) in [6.07, 6.45) is 5.10. The Morgan fingerprint density at radius 2 is 2.06 bits per heavy atom. The fourth-order valence-electron chi connectivity index (χ4n) is 2.15. The van der Waals surface area contributed by atoms with Gasteiger partial charge in [-0.1, -0.05) is 26.2 Å². The molecular weight excluding hydrogens is 206 g/mol. The Morgan fingerprint density at radius 3 is 2.62 bits per heavy atom. The predicted octanol–water partition coefficient (Wildman–Crippen LogP) is 1.74. The number of hydrogen-bond acceptors (Lipinski definition) is 3. The number of unbranched alkanes of at least 4 members (excludes halogenated alkanes) is 3. The monoisotopic (exact) mass is 229 g/mol. The van der Waals surface area contributed by atoms with E-state index in [4.69, 9.17) is 9.84 Å². The van der Waals surface area contributed by atoms with Crippen LogP contribution in [-0.4, -0.2) is 47.8 Å². The minimum Gasteiger partial charge on any atom is -0.480 e. The molecule has 0 aliphatic carbocycles. The van der Waals surface area contributed by atoms with E-state index in [1.165, 1.54) is 25.7 Å². The van der Waals surface area contributed by atoms with E-state index in [9.17, 15) is 4.79 Å². The van der Waals surface area contributed by atoms with Crippen LogP contribution in [0.2, 0.25) is 0 Å². The Labute approximate surface area is 97.6 Å². The Hall–Kier alpha value is -0.610. The third kappa shape index (κ3) is 4.49. The van der Waals surface area contributed by atoms with E-state index in [-0.39, 0.29) is 12.2 Å². The summed E-state index contributed by atoms with van der Waals surface area (Å²) in [6.45, 7) is 6.87. The summed E-state index contributed by atoms with van der Waals surface area (Å²) < 4.78 is 5.34. The first-order valence-electron chi connectivity index (χ1n) is 6.14. The highest BCUT2D eigenvalue weighted by atomic mass is 16.5. The lowest BCUT2D eigenvalue weighted by atomic mass is 9.96. The van der Waals surface area contributed by atoms with Crippen LogP contribution < -0.4 is 0 Å². The molecule has 0 unspecified atom stereocenters.